The molecular formula is C17H28N6O10. The number of rotatable bonds is 16. The van der Waals surface area contributed by atoms with Gasteiger partial charge in [0.15, 0.2) is 0 Å². The predicted octanol–water partition coefficient (Wildman–Crippen LogP) is -5.15. The van der Waals surface area contributed by atoms with Gasteiger partial charge in [-0.15, -0.1) is 0 Å². The van der Waals surface area contributed by atoms with Crippen molar-refractivity contribution in [3.63, 3.8) is 0 Å². The average molecular weight is 476 g/mol. The Morgan fingerprint density at radius 1 is 0.697 bits per heavy atom. The lowest BCUT2D eigenvalue weighted by Gasteiger charge is -2.24. The number of nitrogens with one attached hydrogen (secondary N) is 3. The van der Waals surface area contributed by atoms with Crippen molar-refractivity contribution in [3.8, 4) is 0 Å². The van der Waals surface area contributed by atoms with Gasteiger partial charge in [-0.05, 0) is 12.8 Å². The smallest absolute Gasteiger partial charge is 0.328 e. The first-order valence-corrected chi connectivity index (χ1v) is 9.57. The minimum atomic E-state index is -1.71. The second-order valence-corrected chi connectivity index (χ2v) is 6.92. The molecule has 0 aliphatic carbocycles. The maximum atomic E-state index is 12.7. The van der Waals surface area contributed by atoms with Crippen molar-refractivity contribution in [1.82, 2.24) is 16.0 Å². The van der Waals surface area contributed by atoms with Crippen LogP contribution in [0.2, 0.25) is 0 Å². The first-order valence-electron chi connectivity index (χ1n) is 9.57. The van der Waals surface area contributed by atoms with Crippen molar-refractivity contribution in [2.45, 2.75) is 56.3 Å². The third-order valence-electron chi connectivity index (χ3n) is 4.15. The van der Waals surface area contributed by atoms with Crippen molar-refractivity contribution in [3.05, 3.63) is 0 Å². The molecule has 0 radical (unpaired) electrons. The van der Waals surface area contributed by atoms with E-state index < -0.39 is 97.9 Å². The van der Waals surface area contributed by atoms with Crippen LogP contribution in [0.4, 0.5) is 0 Å². The molecule has 0 aromatic carbocycles. The van der Waals surface area contributed by atoms with Gasteiger partial charge in [0, 0.05) is 12.8 Å². The van der Waals surface area contributed by atoms with Crippen molar-refractivity contribution >= 4 is 41.5 Å². The van der Waals surface area contributed by atoms with Crippen LogP contribution < -0.4 is 33.2 Å². The van der Waals surface area contributed by atoms with E-state index in [2.05, 4.69) is 10.6 Å². The van der Waals surface area contributed by atoms with Gasteiger partial charge in [0.05, 0.1) is 19.1 Å². The Morgan fingerprint density at radius 3 is 1.55 bits per heavy atom. The van der Waals surface area contributed by atoms with Crippen molar-refractivity contribution in [1.29, 1.82) is 0 Å². The van der Waals surface area contributed by atoms with E-state index in [-0.39, 0.29) is 6.42 Å². The number of aliphatic hydroxyl groups is 1. The van der Waals surface area contributed by atoms with Gasteiger partial charge >= 0.3 is 11.9 Å². The van der Waals surface area contributed by atoms with Gasteiger partial charge in [-0.1, -0.05) is 0 Å². The molecule has 0 aliphatic rings. The van der Waals surface area contributed by atoms with Crippen LogP contribution in [0, 0.1) is 0 Å². The summed E-state index contributed by atoms with van der Waals surface area (Å²) < 4.78 is 0. The second kappa shape index (κ2) is 14.3. The Morgan fingerprint density at radius 2 is 1.15 bits per heavy atom. The Bertz CT molecular complexity index is 773. The molecule has 0 saturated heterocycles. The third kappa shape index (κ3) is 12.0. The Kier molecular flexibility index (Phi) is 12.7. The number of carbonyl (C=O) groups excluding carboxylic acids is 5. The first-order chi connectivity index (χ1) is 15.3. The molecule has 12 N–H and O–H groups in total. The maximum Gasteiger partial charge on any atom is 0.328 e. The van der Waals surface area contributed by atoms with E-state index in [9.17, 15) is 33.6 Å². The van der Waals surface area contributed by atoms with Crippen molar-refractivity contribution in [2.24, 2.45) is 17.2 Å². The standard InChI is InChI=1S/C17H28N6O10/c18-7(5-12(20)26)14(29)21-9(2-4-13(27)28)15(30)22-8(1-3-11(19)25)16(31)23-10(6-24)17(32)33/h7-10,24H,1-6,18H2,(H2,19,25)(H2,20,26)(H,21,29)(H,22,30)(H,23,31)(H,27,28)(H,32,33). The van der Waals surface area contributed by atoms with E-state index >= 15 is 0 Å². The highest BCUT2D eigenvalue weighted by molar-refractivity contribution is 5.95. The molecule has 186 valence electrons. The highest BCUT2D eigenvalue weighted by atomic mass is 16.4. The molecule has 0 bridgehead atoms. The van der Waals surface area contributed by atoms with E-state index in [1.165, 1.54) is 0 Å². The monoisotopic (exact) mass is 476 g/mol. The van der Waals surface area contributed by atoms with Gasteiger partial charge in [-0.25, -0.2) is 4.79 Å². The van der Waals surface area contributed by atoms with Crippen LogP contribution in [0.3, 0.4) is 0 Å². The molecule has 0 spiro atoms. The fraction of sp³-hybridized carbons (Fsp3) is 0.588. The van der Waals surface area contributed by atoms with Crippen LogP contribution in [0.25, 0.3) is 0 Å². The van der Waals surface area contributed by atoms with Crippen molar-refractivity contribution in [2.75, 3.05) is 6.61 Å². The van der Waals surface area contributed by atoms with E-state index in [1.54, 1.807) is 0 Å². The normalized spacial score (nSPS) is 14.1. The molecule has 0 saturated carbocycles. The predicted molar refractivity (Wildman–Crippen MR) is 108 cm³/mol. The Hall–Kier alpha value is -3.79. The molecule has 0 aromatic heterocycles. The van der Waals surface area contributed by atoms with Crippen LogP contribution in [-0.2, 0) is 33.6 Å². The molecule has 4 unspecified atom stereocenters. The van der Waals surface area contributed by atoms with Gasteiger partial charge in [0.25, 0.3) is 0 Å². The minimum absolute atomic E-state index is 0.370. The quantitative estimate of drug-likeness (QED) is 0.101. The zero-order valence-corrected chi connectivity index (χ0v) is 17.5. The molecule has 0 fully saturated rings. The highest BCUT2D eigenvalue weighted by Gasteiger charge is 2.30. The summed E-state index contributed by atoms with van der Waals surface area (Å²) in [7, 11) is 0. The molecule has 0 heterocycles. The van der Waals surface area contributed by atoms with E-state index in [4.69, 9.17) is 32.5 Å². The van der Waals surface area contributed by atoms with Crippen LogP contribution in [-0.4, -0.2) is 87.6 Å². The number of primary amides is 2. The van der Waals surface area contributed by atoms with Gasteiger partial charge in [-0.2, -0.15) is 0 Å². The third-order valence-corrected chi connectivity index (χ3v) is 4.15. The summed E-state index contributed by atoms with van der Waals surface area (Å²) in [6.45, 7) is -0.966. The Balaban J connectivity index is 5.55. The summed E-state index contributed by atoms with van der Waals surface area (Å²) in [6, 6.07) is -6.19. The molecule has 16 heteroatoms. The van der Waals surface area contributed by atoms with E-state index in [0.29, 0.717) is 0 Å². The van der Waals surface area contributed by atoms with Crippen LogP contribution in [0.1, 0.15) is 32.1 Å². The highest BCUT2D eigenvalue weighted by Crippen LogP contribution is 2.04. The van der Waals surface area contributed by atoms with Gasteiger partial charge in [0.1, 0.15) is 18.1 Å². The largest absolute Gasteiger partial charge is 0.481 e. The number of aliphatic hydroxyl groups excluding tert-OH is 1. The summed E-state index contributed by atoms with van der Waals surface area (Å²) in [5, 5.41) is 33.1. The number of aliphatic carboxylic acids is 2. The Labute approximate surface area is 187 Å². The average Bonchev–Trinajstić information content (AvgIpc) is 2.70. The zero-order valence-electron chi connectivity index (χ0n) is 17.5. The number of carboxylic acid groups (broad SMARTS) is 2. The lowest BCUT2D eigenvalue weighted by molar-refractivity contribution is -0.143. The van der Waals surface area contributed by atoms with E-state index in [0.717, 1.165) is 0 Å². The molecule has 5 amide bonds. The first kappa shape index (κ1) is 29.2. The number of nitrogens with two attached hydrogens (primary N) is 3. The van der Waals surface area contributed by atoms with Crippen LogP contribution >= 0.6 is 0 Å². The van der Waals surface area contributed by atoms with Crippen molar-refractivity contribution < 1.29 is 48.9 Å². The maximum absolute atomic E-state index is 12.7. The van der Waals surface area contributed by atoms with Gasteiger partial charge in [0.2, 0.25) is 29.5 Å². The summed E-state index contributed by atoms with van der Waals surface area (Å²) in [4.78, 5) is 81.1. The second-order valence-electron chi connectivity index (χ2n) is 6.92. The SMILES string of the molecule is NC(=O)CCC(NC(=O)C(CCC(=O)O)NC(=O)C(N)CC(N)=O)C(=O)NC(CO)C(=O)O. The number of carbonyl (C=O) groups is 7. The fourth-order valence-electron chi connectivity index (χ4n) is 2.41. The van der Waals surface area contributed by atoms with Crippen LogP contribution in [0.15, 0.2) is 0 Å². The zero-order chi connectivity index (χ0) is 25.7. The molecule has 33 heavy (non-hydrogen) atoms. The molecule has 0 aromatic rings. The molecule has 16 nitrogen and oxygen atoms in total. The van der Waals surface area contributed by atoms with Crippen LogP contribution in [0.5, 0.6) is 0 Å². The minimum Gasteiger partial charge on any atom is -0.481 e. The summed E-state index contributed by atoms with van der Waals surface area (Å²) in [6.07, 6.45) is -2.33. The molecular weight excluding hydrogens is 448 g/mol. The number of hydrogen-bond acceptors (Lipinski definition) is 9. The molecule has 0 aliphatic heterocycles. The summed E-state index contributed by atoms with van der Waals surface area (Å²) in [5.41, 5.74) is 15.5. The fourth-order valence-corrected chi connectivity index (χ4v) is 2.41. The van der Waals surface area contributed by atoms with E-state index in [1.807, 2.05) is 5.32 Å². The van der Waals surface area contributed by atoms with Gasteiger partial charge in [-0.3, -0.25) is 28.8 Å². The lowest BCUT2D eigenvalue weighted by atomic mass is 10.1. The lowest BCUT2D eigenvalue weighted by Crippen LogP contribution is -2.57. The summed E-state index contributed by atoms with van der Waals surface area (Å²) >= 11 is 0. The number of hydrogen-bond donors (Lipinski definition) is 9. The molecule has 0 rings (SSSR count). The summed E-state index contributed by atoms with van der Waals surface area (Å²) in [5.74, 6) is -7.75. The number of carboxylic acids is 2. The topological polar surface area (TPSA) is 294 Å². The molecule has 4 atom stereocenters. The number of amides is 5. The van der Waals surface area contributed by atoms with Gasteiger partial charge < -0.3 is 48.5 Å².